The molecule has 1 aliphatic rings. The summed E-state index contributed by atoms with van der Waals surface area (Å²) in [7, 11) is 0. The van der Waals surface area contributed by atoms with Crippen LogP contribution in [0, 0.1) is 11.8 Å². The summed E-state index contributed by atoms with van der Waals surface area (Å²) in [6.07, 6.45) is 3.40. The molecule has 0 spiro atoms. The third kappa shape index (κ3) is 3.26. The van der Waals surface area contributed by atoms with E-state index in [-0.39, 0.29) is 0 Å². The Balaban J connectivity index is 2.09. The van der Waals surface area contributed by atoms with Gasteiger partial charge in [-0.1, -0.05) is 32.0 Å². The molecule has 18 heavy (non-hydrogen) atoms. The predicted molar refractivity (Wildman–Crippen MR) is 76.7 cm³/mol. The van der Waals surface area contributed by atoms with E-state index in [0.29, 0.717) is 6.04 Å². The fraction of sp³-hybridized carbons (Fsp3) is 0.625. The second kappa shape index (κ2) is 5.75. The first-order valence-electron chi connectivity index (χ1n) is 7.09. The Bertz CT molecular complexity index is 378. The van der Waals surface area contributed by atoms with Crippen LogP contribution < -0.4 is 5.32 Å². The predicted octanol–water partition coefficient (Wildman–Crippen LogP) is 3.98. The monoisotopic (exact) mass is 247 g/mol. The van der Waals surface area contributed by atoms with Crippen molar-refractivity contribution >= 4 is 5.69 Å². The summed E-state index contributed by atoms with van der Waals surface area (Å²) >= 11 is 0. The molecule has 2 heteroatoms. The third-order valence-electron chi connectivity index (χ3n) is 3.95. The van der Waals surface area contributed by atoms with Crippen molar-refractivity contribution in [3.63, 3.8) is 0 Å². The molecule has 0 radical (unpaired) electrons. The van der Waals surface area contributed by atoms with E-state index >= 15 is 0 Å². The number of hydrogen-bond acceptors (Lipinski definition) is 2. The minimum Gasteiger partial charge on any atom is -0.389 e. The molecule has 0 amide bonds. The first kappa shape index (κ1) is 13.4. The molecule has 1 aromatic carbocycles. The Morgan fingerprint density at radius 3 is 2.33 bits per heavy atom. The zero-order valence-electron chi connectivity index (χ0n) is 11.7. The standard InChI is InChI=1S/C16H25NO/c1-11-8-12(2)10-14(9-11)17-16-7-5-4-6-15(16)13(3)18/h4-7,11-14,17-18H,8-10H2,1-3H3. The van der Waals surface area contributed by atoms with Gasteiger partial charge in [0.1, 0.15) is 0 Å². The minimum atomic E-state index is -0.410. The summed E-state index contributed by atoms with van der Waals surface area (Å²) in [5, 5.41) is 13.4. The van der Waals surface area contributed by atoms with Gasteiger partial charge in [-0.3, -0.25) is 0 Å². The van der Waals surface area contributed by atoms with Crippen LogP contribution in [0.25, 0.3) is 0 Å². The number of aliphatic hydroxyl groups is 1. The van der Waals surface area contributed by atoms with Gasteiger partial charge < -0.3 is 10.4 Å². The van der Waals surface area contributed by atoms with Crippen molar-refractivity contribution in [2.45, 2.75) is 52.2 Å². The van der Waals surface area contributed by atoms with E-state index < -0.39 is 6.10 Å². The molecular formula is C16H25NO. The van der Waals surface area contributed by atoms with Crippen molar-refractivity contribution in [1.29, 1.82) is 0 Å². The lowest BCUT2D eigenvalue weighted by Crippen LogP contribution is -2.30. The molecular weight excluding hydrogens is 222 g/mol. The highest BCUT2D eigenvalue weighted by atomic mass is 16.3. The van der Waals surface area contributed by atoms with E-state index in [0.717, 1.165) is 23.1 Å². The quantitative estimate of drug-likeness (QED) is 0.847. The lowest BCUT2D eigenvalue weighted by atomic mass is 9.80. The number of para-hydroxylation sites is 1. The molecule has 1 aliphatic carbocycles. The van der Waals surface area contributed by atoms with E-state index in [1.807, 2.05) is 25.1 Å². The smallest absolute Gasteiger partial charge is 0.0781 e. The van der Waals surface area contributed by atoms with Crippen LogP contribution in [0.1, 0.15) is 51.7 Å². The number of aliphatic hydroxyl groups excluding tert-OH is 1. The Morgan fingerprint density at radius 2 is 1.72 bits per heavy atom. The third-order valence-corrected chi connectivity index (χ3v) is 3.95. The summed E-state index contributed by atoms with van der Waals surface area (Å²) in [5.41, 5.74) is 2.10. The number of anilines is 1. The summed E-state index contributed by atoms with van der Waals surface area (Å²) in [6.45, 7) is 6.50. The van der Waals surface area contributed by atoms with Crippen LogP contribution in [0.2, 0.25) is 0 Å². The topological polar surface area (TPSA) is 32.3 Å². The van der Waals surface area contributed by atoms with Crippen molar-refractivity contribution in [2.24, 2.45) is 11.8 Å². The number of benzene rings is 1. The lowest BCUT2D eigenvalue weighted by Gasteiger charge is -2.33. The molecule has 2 nitrogen and oxygen atoms in total. The molecule has 0 aromatic heterocycles. The van der Waals surface area contributed by atoms with Crippen LogP contribution in [0.15, 0.2) is 24.3 Å². The van der Waals surface area contributed by atoms with Gasteiger partial charge in [0.05, 0.1) is 6.10 Å². The molecule has 0 heterocycles. The Kier molecular flexibility index (Phi) is 4.28. The van der Waals surface area contributed by atoms with Crippen molar-refractivity contribution in [2.75, 3.05) is 5.32 Å². The Hall–Kier alpha value is -1.02. The van der Waals surface area contributed by atoms with E-state index in [2.05, 4.69) is 25.2 Å². The molecule has 2 rings (SSSR count). The van der Waals surface area contributed by atoms with Crippen LogP contribution in [-0.4, -0.2) is 11.1 Å². The SMILES string of the molecule is CC1CC(C)CC(Nc2ccccc2C(C)O)C1. The lowest BCUT2D eigenvalue weighted by molar-refractivity contribution is 0.199. The minimum absolute atomic E-state index is 0.410. The second-order valence-corrected chi connectivity index (χ2v) is 6.02. The van der Waals surface area contributed by atoms with Crippen molar-refractivity contribution in [1.82, 2.24) is 0 Å². The number of nitrogens with one attached hydrogen (secondary N) is 1. The molecule has 1 fully saturated rings. The molecule has 2 N–H and O–H groups in total. The average Bonchev–Trinajstić information content (AvgIpc) is 2.27. The largest absolute Gasteiger partial charge is 0.389 e. The summed E-state index contributed by atoms with van der Waals surface area (Å²) in [6, 6.07) is 8.64. The van der Waals surface area contributed by atoms with Gasteiger partial charge in [-0.15, -0.1) is 0 Å². The molecule has 0 aliphatic heterocycles. The summed E-state index contributed by atoms with van der Waals surface area (Å²) in [4.78, 5) is 0. The molecule has 100 valence electrons. The zero-order valence-corrected chi connectivity index (χ0v) is 11.7. The molecule has 1 saturated carbocycles. The molecule has 1 aromatic rings. The highest BCUT2D eigenvalue weighted by Crippen LogP contribution is 2.32. The van der Waals surface area contributed by atoms with Crippen LogP contribution in [-0.2, 0) is 0 Å². The van der Waals surface area contributed by atoms with E-state index in [9.17, 15) is 5.11 Å². The zero-order chi connectivity index (χ0) is 13.1. The first-order chi connectivity index (χ1) is 8.56. The fourth-order valence-electron chi connectivity index (χ4n) is 3.28. The maximum Gasteiger partial charge on any atom is 0.0781 e. The van der Waals surface area contributed by atoms with Gasteiger partial charge in [-0.2, -0.15) is 0 Å². The first-order valence-corrected chi connectivity index (χ1v) is 7.09. The van der Waals surface area contributed by atoms with Crippen molar-refractivity contribution in [3.8, 4) is 0 Å². The molecule has 0 bridgehead atoms. The van der Waals surface area contributed by atoms with Gasteiger partial charge in [-0.05, 0) is 44.1 Å². The summed E-state index contributed by atoms with van der Waals surface area (Å²) < 4.78 is 0. The molecule has 3 unspecified atom stereocenters. The number of hydrogen-bond donors (Lipinski definition) is 2. The highest BCUT2D eigenvalue weighted by Gasteiger charge is 2.24. The van der Waals surface area contributed by atoms with Crippen LogP contribution in [0.5, 0.6) is 0 Å². The van der Waals surface area contributed by atoms with Gasteiger partial charge in [0.2, 0.25) is 0 Å². The number of rotatable bonds is 3. The normalized spacial score (nSPS) is 29.9. The average molecular weight is 247 g/mol. The van der Waals surface area contributed by atoms with Gasteiger partial charge in [0, 0.05) is 17.3 Å². The van der Waals surface area contributed by atoms with Crippen LogP contribution in [0.4, 0.5) is 5.69 Å². The molecule has 3 atom stereocenters. The Labute approximate surface area is 110 Å². The van der Waals surface area contributed by atoms with Crippen molar-refractivity contribution < 1.29 is 5.11 Å². The van der Waals surface area contributed by atoms with Gasteiger partial charge in [0.25, 0.3) is 0 Å². The van der Waals surface area contributed by atoms with Gasteiger partial charge in [0.15, 0.2) is 0 Å². The molecule has 0 saturated heterocycles. The van der Waals surface area contributed by atoms with E-state index in [4.69, 9.17) is 0 Å². The van der Waals surface area contributed by atoms with Gasteiger partial charge >= 0.3 is 0 Å². The maximum absolute atomic E-state index is 9.80. The summed E-state index contributed by atoms with van der Waals surface area (Å²) in [5.74, 6) is 1.59. The maximum atomic E-state index is 9.80. The highest BCUT2D eigenvalue weighted by molar-refractivity contribution is 5.52. The second-order valence-electron chi connectivity index (χ2n) is 6.02. The van der Waals surface area contributed by atoms with Crippen molar-refractivity contribution in [3.05, 3.63) is 29.8 Å². The van der Waals surface area contributed by atoms with Crippen LogP contribution in [0.3, 0.4) is 0 Å². The van der Waals surface area contributed by atoms with Gasteiger partial charge in [-0.25, -0.2) is 0 Å². The Morgan fingerprint density at radius 1 is 1.11 bits per heavy atom. The fourth-order valence-corrected chi connectivity index (χ4v) is 3.28. The van der Waals surface area contributed by atoms with Crippen LogP contribution >= 0.6 is 0 Å². The van der Waals surface area contributed by atoms with E-state index in [1.165, 1.54) is 19.3 Å². The van der Waals surface area contributed by atoms with E-state index in [1.54, 1.807) is 0 Å².